The van der Waals surface area contributed by atoms with Crippen LogP contribution in [0.15, 0.2) is 61.1 Å². The summed E-state index contributed by atoms with van der Waals surface area (Å²) in [4.78, 5) is 32.7. The minimum absolute atomic E-state index is 0.154. The van der Waals surface area contributed by atoms with Crippen LogP contribution in [0.5, 0.6) is 0 Å². The van der Waals surface area contributed by atoms with Gasteiger partial charge in [0.2, 0.25) is 0 Å². The molecule has 0 atom stereocenters. The number of aromatic amines is 2. The zero-order valence-electron chi connectivity index (χ0n) is 18.5. The Kier molecular flexibility index (Phi) is 5.35. The Bertz CT molecular complexity index is 1540. The molecular weight excluding hydrogens is 430 g/mol. The van der Waals surface area contributed by atoms with E-state index < -0.39 is 0 Å². The largest absolute Gasteiger partial charge is 0.345 e. The van der Waals surface area contributed by atoms with Gasteiger partial charge in [-0.05, 0) is 49.4 Å². The van der Waals surface area contributed by atoms with Crippen LogP contribution in [0.25, 0.3) is 23.1 Å². The van der Waals surface area contributed by atoms with Crippen LogP contribution in [0, 0.1) is 6.92 Å². The predicted octanol–water partition coefficient (Wildman–Crippen LogP) is 3.98. The first-order valence-electron chi connectivity index (χ1n) is 10.6. The number of rotatable bonds is 6. The Morgan fingerprint density at radius 2 is 1.91 bits per heavy atom. The molecule has 0 saturated heterocycles. The van der Waals surface area contributed by atoms with Crippen molar-refractivity contribution in [3.63, 3.8) is 0 Å². The number of amides is 1. The summed E-state index contributed by atoms with van der Waals surface area (Å²) in [6.45, 7) is 1.82. The molecule has 0 saturated carbocycles. The number of carbonyl (C=O) groups excluding carboxylic acids is 2. The number of nitrogens with zero attached hydrogens (tertiary/aromatic N) is 4. The van der Waals surface area contributed by atoms with Crippen molar-refractivity contribution in [2.75, 3.05) is 5.32 Å². The number of fused-ring (bicyclic) bond motifs is 1. The van der Waals surface area contributed by atoms with Crippen LogP contribution < -0.4 is 5.32 Å². The maximum absolute atomic E-state index is 13.2. The molecule has 0 radical (unpaired) electrons. The molecule has 3 N–H and O–H groups in total. The summed E-state index contributed by atoms with van der Waals surface area (Å²) in [5.41, 5.74) is 5.10. The van der Waals surface area contributed by atoms with Crippen LogP contribution in [-0.2, 0) is 7.05 Å². The number of nitrogens with one attached hydrogen (secondary N) is 3. The fraction of sp³-hybridized carbons (Fsp3) is 0.0800. The van der Waals surface area contributed by atoms with Gasteiger partial charge in [0.1, 0.15) is 5.69 Å². The zero-order chi connectivity index (χ0) is 23.7. The zero-order valence-corrected chi connectivity index (χ0v) is 18.5. The van der Waals surface area contributed by atoms with Crippen molar-refractivity contribution in [3.05, 3.63) is 95.0 Å². The number of aromatic nitrogens is 6. The van der Waals surface area contributed by atoms with E-state index in [1.807, 2.05) is 25.1 Å². The molecule has 0 aliphatic carbocycles. The van der Waals surface area contributed by atoms with Crippen LogP contribution in [0.3, 0.4) is 0 Å². The number of carbonyl (C=O) groups is 2. The third-order valence-electron chi connectivity index (χ3n) is 5.41. The van der Waals surface area contributed by atoms with E-state index in [-0.39, 0.29) is 11.7 Å². The van der Waals surface area contributed by atoms with Gasteiger partial charge in [-0.2, -0.15) is 10.2 Å². The van der Waals surface area contributed by atoms with E-state index in [1.54, 1.807) is 62.0 Å². The van der Waals surface area contributed by atoms with Crippen molar-refractivity contribution in [2.45, 2.75) is 6.92 Å². The molecule has 2 aromatic carbocycles. The highest BCUT2D eigenvalue weighted by Gasteiger charge is 2.15. The average molecular weight is 451 g/mol. The van der Waals surface area contributed by atoms with Crippen LogP contribution in [-0.4, -0.2) is 41.6 Å². The number of aryl methyl sites for hydroxylation is 2. The smallest absolute Gasteiger partial charge is 0.273 e. The molecule has 0 spiro atoms. The Morgan fingerprint density at radius 1 is 1.06 bits per heavy atom. The van der Waals surface area contributed by atoms with Crippen molar-refractivity contribution >= 4 is 40.4 Å². The first-order valence-corrected chi connectivity index (χ1v) is 10.6. The van der Waals surface area contributed by atoms with Gasteiger partial charge in [0.05, 0.1) is 35.1 Å². The monoisotopic (exact) mass is 451 g/mol. The molecule has 5 aromatic rings. The highest BCUT2D eigenvalue weighted by Crippen LogP contribution is 2.22. The number of hydrogen-bond acceptors (Lipinski definition) is 5. The van der Waals surface area contributed by atoms with Crippen molar-refractivity contribution in [1.82, 2.24) is 29.9 Å². The lowest BCUT2D eigenvalue weighted by molar-refractivity contribution is 0.101. The fourth-order valence-electron chi connectivity index (χ4n) is 3.76. The lowest BCUT2D eigenvalue weighted by atomic mass is 10.0. The van der Waals surface area contributed by atoms with E-state index in [9.17, 15) is 9.59 Å². The first-order chi connectivity index (χ1) is 16.5. The van der Waals surface area contributed by atoms with Crippen LogP contribution in [0.1, 0.15) is 43.5 Å². The number of benzene rings is 2. The second kappa shape index (κ2) is 8.62. The van der Waals surface area contributed by atoms with E-state index >= 15 is 0 Å². The first kappa shape index (κ1) is 21.1. The number of H-pyrrole nitrogens is 2. The molecule has 3 heterocycles. The van der Waals surface area contributed by atoms with E-state index in [4.69, 9.17) is 0 Å². The molecule has 0 bridgehead atoms. The number of imidazole rings is 1. The SMILES string of the molecule is Cc1cc(C(=O)Nc2cccc(C(=O)c3ccc4c(C=Cc5cnc[nH]5)n[nH]c4c3)c2)n(C)n1. The van der Waals surface area contributed by atoms with E-state index in [1.165, 1.54) is 4.68 Å². The van der Waals surface area contributed by atoms with Crippen molar-refractivity contribution < 1.29 is 9.59 Å². The van der Waals surface area contributed by atoms with Gasteiger partial charge in [0, 0.05) is 29.2 Å². The van der Waals surface area contributed by atoms with Gasteiger partial charge in [0.15, 0.2) is 5.78 Å². The van der Waals surface area contributed by atoms with Crippen molar-refractivity contribution in [3.8, 4) is 0 Å². The Balaban J connectivity index is 1.36. The van der Waals surface area contributed by atoms with Gasteiger partial charge in [-0.25, -0.2) is 4.98 Å². The second-order valence-corrected chi connectivity index (χ2v) is 7.87. The quantitative estimate of drug-likeness (QED) is 0.337. The van der Waals surface area contributed by atoms with E-state index in [0.29, 0.717) is 22.5 Å². The minimum Gasteiger partial charge on any atom is -0.345 e. The molecule has 9 heteroatoms. The summed E-state index contributed by atoms with van der Waals surface area (Å²) >= 11 is 0. The number of ketones is 1. The second-order valence-electron chi connectivity index (χ2n) is 7.87. The molecule has 0 unspecified atom stereocenters. The molecule has 3 aromatic heterocycles. The molecule has 34 heavy (non-hydrogen) atoms. The standard InChI is InChI=1S/C25H21N7O2/c1-15-10-23(32(2)31-15)25(34)28-18-5-3-4-16(11-18)24(33)17-6-8-20-21(29-30-22(20)12-17)9-7-19-13-26-14-27-19/h3-14H,1-2H3,(H,26,27)(H,28,34)(H,29,30). The molecule has 168 valence electrons. The summed E-state index contributed by atoms with van der Waals surface area (Å²) in [5.74, 6) is -0.444. The fourth-order valence-corrected chi connectivity index (χ4v) is 3.76. The van der Waals surface area contributed by atoms with Gasteiger partial charge in [-0.3, -0.25) is 19.4 Å². The third kappa shape index (κ3) is 4.14. The minimum atomic E-state index is -0.290. The lowest BCUT2D eigenvalue weighted by Crippen LogP contribution is -2.16. The molecule has 9 nitrogen and oxygen atoms in total. The Morgan fingerprint density at radius 3 is 2.68 bits per heavy atom. The molecule has 0 aliphatic rings. The normalized spacial score (nSPS) is 11.4. The summed E-state index contributed by atoms with van der Waals surface area (Å²) in [5, 5.41) is 15.3. The highest BCUT2D eigenvalue weighted by molar-refractivity contribution is 6.12. The van der Waals surface area contributed by atoms with Gasteiger partial charge >= 0.3 is 0 Å². The summed E-state index contributed by atoms with van der Waals surface area (Å²) in [6.07, 6.45) is 7.09. The van der Waals surface area contributed by atoms with Crippen molar-refractivity contribution in [2.24, 2.45) is 7.05 Å². The maximum atomic E-state index is 13.2. The van der Waals surface area contributed by atoms with Crippen LogP contribution in [0.4, 0.5) is 5.69 Å². The molecular formula is C25H21N7O2. The highest BCUT2D eigenvalue weighted by atomic mass is 16.2. The maximum Gasteiger partial charge on any atom is 0.273 e. The lowest BCUT2D eigenvalue weighted by Gasteiger charge is -2.08. The molecule has 0 aliphatic heterocycles. The summed E-state index contributed by atoms with van der Waals surface area (Å²) in [7, 11) is 1.71. The Hall–Kier alpha value is -4.79. The van der Waals surface area contributed by atoms with Crippen molar-refractivity contribution in [1.29, 1.82) is 0 Å². The van der Waals surface area contributed by atoms with Crippen LogP contribution >= 0.6 is 0 Å². The van der Waals surface area contributed by atoms with Gasteiger partial charge in [-0.1, -0.05) is 18.2 Å². The van der Waals surface area contributed by atoms with Gasteiger partial charge in [0.25, 0.3) is 5.91 Å². The number of hydrogen-bond donors (Lipinski definition) is 3. The molecule has 0 fully saturated rings. The summed E-state index contributed by atoms with van der Waals surface area (Å²) in [6, 6.07) is 14.0. The van der Waals surface area contributed by atoms with E-state index in [0.717, 1.165) is 28.0 Å². The van der Waals surface area contributed by atoms with Gasteiger partial charge < -0.3 is 10.3 Å². The van der Waals surface area contributed by atoms with Crippen LogP contribution in [0.2, 0.25) is 0 Å². The third-order valence-corrected chi connectivity index (χ3v) is 5.41. The average Bonchev–Trinajstić information content (AvgIpc) is 3.57. The Labute approximate surface area is 194 Å². The predicted molar refractivity (Wildman–Crippen MR) is 129 cm³/mol. The van der Waals surface area contributed by atoms with E-state index in [2.05, 4.69) is 30.6 Å². The molecule has 1 amide bonds. The summed E-state index contributed by atoms with van der Waals surface area (Å²) < 4.78 is 1.53. The molecule has 5 rings (SSSR count). The topological polar surface area (TPSA) is 121 Å². The van der Waals surface area contributed by atoms with Gasteiger partial charge in [-0.15, -0.1) is 0 Å². The number of anilines is 1.